The number of rotatable bonds is 5. The zero-order valence-corrected chi connectivity index (χ0v) is 28.5. The van der Waals surface area contributed by atoms with Crippen LogP contribution in [0.25, 0.3) is 56.1 Å². The summed E-state index contributed by atoms with van der Waals surface area (Å²) in [5, 5.41) is 11.8. The Balaban J connectivity index is 1.54. The third kappa shape index (κ3) is 5.71. The summed E-state index contributed by atoms with van der Waals surface area (Å²) in [6, 6.07) is 27.5. The Bertz CT molecular complexity index is 2060. The van der Waals surface area contributed by atoms with Crippen molar-refractivity contribution >= 4 is 11.2 Å². The summed E-state index contributed by atoms with van der Waals surface area (Å²) in [5.41, 5.74) is 11.5. The van der Waals surface area contributed by atoms with Crippen molar-refractivity contribution in [2.45, 2.75) is 79.2 Å². The number of nitrogens with zero attached hydrogens (tertiary/aromatic N) is 4. The summed E-state index contributed by atoms with van der Waals surface area (Å²) in [5.74, 6) is 1.00. The van der Waals surface area contributed by atoms with Crippen molar-refractivity contribution in [3.05, 3.63) is 108 Å². The van der Waals surface area contributed by atoms with Crippen molar-refractivity contribution in [3.63, 3.8) is 0 Å². The lowest BCUT2D eigenvalue weighted by Crippen LogP contribution is -2.17. The summed E-state index contributed by atoms with van der Waals surface area (Å²) in [6.45, 7) is 19.4. The molecule has 0 amide bonds. The van der Waals surface area contributed by atoms with Gasteiger partial charge in [0.25, 0.3) is 0 Å². The molecule has 0 saturated carbocycles. The first-order valence-electron chi connectivity index (χ1n) is 16.1. The number of aromatic nitrogens is 4. The number of aryl methyl sites for hydroxylation is 1. The normalized spacial score (nSPS) is 12.3. The molecule has 0 fully saturated rings. The summed E-state index contributed by atoms with van der Waals surface area (Å²) in [7, 11) is 0. The maximum Gasteiger partial charge on any atom is 0.161 e. The molecule has 0 atom stereocenters. The number of benzene rings is 3. The van der Waals surface area contributed by atoms with E-state index in [1.807, 2.05) is 24.5 Å². The largest absolute Gasteiger partial charge is 0.507 e. The second-order valence-corrected chi connectivity index (χ2v) is 14.7. The van der Waals surface area contributed by atoms with Crippen LogP contribution in [0.4, 0.5) is 0 Å². The third-order valence-corrected chi connectivity index (χ3v) is 8.78. The topological polar surface area (TPSA) is 63.8 Å². The highest BCUT2D eigenvalue weighted by Crippen LogP contribution is 2.44. The van der Waals surface area contributed by atoms with Crippen LogP contribution in [0.1, 0.15) is 78.1 Å². The zero-order valence-electron chi connectivity index (χ0n) is 28.5. The second-order valence-electron chi connectivity index (χ2n) is 14.7. The van der Waals surface area contributed by atoms with Gasteiger partial charge in [-0.3, -0.25) is 4.98 Å². The van der Waals surface area contributed by atoms with Gasteiger partial charge in [0, 0.05) is 35.1 Å². The summed E-state index contributed by atoms with van der Waals surface area (Å²) in [4.78, 5) is 14.9. The predicted octanol–water partition coefficient (Wildman–Crippen LogP) is 10.7. The standard InChI is InChI=1S/C41H44N4O/c1-25(2)45-38(33-21-30(40(4,5)6)22-34(37(33)46)41(7,8)9)44-36-31(18-19-42-39(36)45)28-16-13-17-29(20-28)35-23-32(26(3)24-43-35)27-14-11-10-12-15-27/h10-25,46H,1-9H3. The van der Waals surface area contributed by atoms with Crippen LogP contribution in [-0.4, -0.2) is 24.6 Å². The Morgan fingerprint density at radius 3 is 2.07 bits per heavy atom. The molecule has 0 spiro atoms. The van der Waals surface area contributed by atoms with Crippen LogP contribution >= 0.6 is 0 Å². The molecule has 0 unspecified atom stereocenters. The first-order chi connectivity index (χ1) is 21.7. The maximum absolute atomic E-state index is 11.8. The van der Waals surface area contributed by atoms with Crippen LogP contribution < -0.4 is 0 Å². The zero-order chi connectivity index (χ0) is 33.0. The Labute approximate surface area is 273 Å². The molecule has 3 aromatic carbocycles. The van der Waals surface area contributed by atoms with Gasteiger partial charge in [-0.15, -0.1) is 0 Å². The van der Waals surface area contributed by atoms with E-state index >= 15 is 0 Å². The van der Waals surface area contributed by atoms with Crippen molar-refractivity contribution in [2.24, 2.45) is 0 Å². The average Bonchev–Trinajstić information content (AvgIpc) is 3.41. The fraction of sp³-hybridized carbons (Fsp3) is 0.293. The van der Waals surface area contributed by atoms with Crippen LogP contribution in [0.5, 0.6) is 5.75 Å². The Morgan fingerprint density at radius 2 is 1.39 bits per heavy atom. The Hall–Kier alpha value is -4.77. The van der Waals surface area contributed by atoms with Crippen LogP contribution in [-0.2, 0) is 10.8 Å². The van der Waals surface area contributed by atoms with Gasteiger partial charge < -0.3 is 9.67 Å². The lowest BCUT2D eigenvalue weighted by Gasteiger charge is -2.27. The van der Waals surface area contributed by atoms with E-state index in [9.17, 15) is 5.11 Å². The molecular weight excluding hydrogens is 564 g/mol. The van der Waals surface area contributed by atoms with Gasteiger partial charge in [0.05, 0.1) is 11.3 Å². The SMILES string of the molecule is Cc1cnc(-c2cccc(-c3ccnc4c3nc(-c3cc(C(C)(C)C)cc(C(C)(C)C)c3O)n4C(C)C)c2)cc1-c1ccccc1. The number of pyridine rings is 2. The van der Waals surface area contributed by atoms with E-state index in [1.165, 1.54) is 11.1 Å². The van der Waals surface area contributed by atoms with Crippen LogP contribution in [0, 0.1) is 6.92 Å². The molecule has 0 radical (unpaired) electrons. The molecule has 5 nitrogen and oxygen atoms in total. The molecule has 6 rings (SSSR count). The molecule has 1 N–H and O–H groups in total. The van der Waals surface area contributed by atoms with Crippen LogP contribution in [0.15, 0.2) is 91.3 Å². The van der Waals surface area contributed by atoms with Crippen LogP contribution in [0.2, 0.25) is 0 Å². The van der Waals surface area contributed by atoms with E-state index in [1.54, 1.807) is 0 Å². The van der Waals surface area contributed by atoms with Crippen molar-refractivity contribution in [1.29, 1.82) is 0 Å². The lowest BCUT2D eigenvalue weighted by molar-refractivity contribution is 0.445. The lowest BCUT2D eigenvalue weighted by atomic mass is 9.79. The molecule has 5 heteroatoms. The molecule has 0 bridgehead atoms. The molecule has 0 saturated heterocycles. The van der Waals surface area contributed by atoms with Gasteiger partial charge in [-0.05, 0) is 83.7 Å². The number of phenols is 1. The van der Waals surface area contributed by atoms with Gasteiger partial charge in [-0.2, -0.15) is 0 Å². The molecule has 0 aliphatic carbocycles. The van der Waals surface area contributed by atoms with Gasteiger partial charge in [0.2, 0.25) is 0 Å². The van der Waals surface area contributed by atoms with E-state index in [4.69, 9.17) is 15.0 Å². The number of phenolic OH excluding ortho intramolecular Hbond substituents is 1. The molecule has 3 heterocycles. The highest BCUT2D eigenvalue weighted by atomic mass is 16.3. The molecule has 0 aliphatic rings. The highest BCUT2D eigenvalue weighted by molar-refractivity contribution is 5.93. The van der Waals surface area contributed by atoms with Gasteiger partial charge in [-0.1, -0.05) is 96.1 Å². The number of hydrogen-bond donors (Lipinski definition) is 1. The van der Waals surface area contributed by atoms with Gasteiger partial charge >= 0.3 is 0 Å². The van der Waals surface area contributed by atoms with E-state index in [2.05, 4.69) is 134 Å². The van der Waals surface area contributed by atoms with Crippen LogP contribution in [0.3, 0.4) is 0 Å². The van der Waals surface area contributed by atoms with E-state index in [0.29, 0.717) is 0 Å². The average molecular weight is 609 g/mol. The van der Waals surface area contributed by atoms with Crippen molar-refractivity contribution < 1.29 is 5.11 Å². The molecule has 46 heavy (non-hydrogen) atoms. The minimum atomic E-state index is -0.247. The molecular formula is C41H44N4O. The number of hydrogen-bond acceptors (Lipinski definition) is 4. The van der Waals surface area contributed by atoms with E-state index in [0.717, 1.165) is 61.6 Å². The number of fused-ring (bicyclic) bond motifs is 1. The van der Waals surface area contributed by atoms with E-state index in [-0.39, 0.29) is 22.6 Å². The quantitative estimate of drug-likeness (QED) is 0.211. The predicted molar refractivity (Wildman–Crippen MR) is 191 cm³/mol. The molecule has 234 valence electrons. The summed E-state index contributed by atoms with van der Waals surface area (Å²) in [6.07, 6.45) is 3.81. The fourth-order valence-electron chi connectivity index (χ4n) is 6.17. The smallest absolute Gasteiger partial charge is 0.161 e. The van der Waals surface area contributed by atoms with Crippen molar-refractivity contribution in [1.82, 2.24) is 19.5 Å². The minimum Gasteiger partial charge on any atom is -0.507 e. The molecule has 0 aliphatic heterocycles. The van der Waals surface area contributed by atoms with Gasteiger partial charge in [0.15, 0.2) is 5.65 Å². The fourth-order valence-corrected chi connectivity index (χ4v) is 6.17. The first kappa shape index (κ1) is 31.2. The third-order valence-electron chi connectivity index (χ3n) is 8.78. The van der Waals surface area contributed by atoms with Gasteiger partial charge in [0.1, 0.15) is 17.1 Å². The second kappa shape index (κ2) is 11.5. The Morgan fingerprint density at radius 1 is 0.696 bits per heavy atom. The number of aromatic hydroxyl groups is 1. The van der Waals surface area contributed by atoms with Crippen molar-refractivity contribution in [3.8, 4) is 50.6 Å². The summed E-state index contributed by atoms with van der Waals surface area (Å²) < 4.78 is 2.16. The molecule has 6 aromatic rings. The first-order valence-corrected chi connectivity index (χ1v) is 16.1. The monoisotopic (exact) mass is 608 g/mol. The number of imidazole rings is 1. The maximum atomic E-state index is 11.8. The Kier molecular flexibility index (Phi) is 7.84. The summed E-state index contributed by atoms with van der Waals surface area (Å²) >= 11 is 0. The van der Waals surface area contributed by atoms with Gasteiger partial charge in [-0.25, -0.2) is 9.97 Å². The minimum absolute atomic E-state index is 0.0676. The molecule has 3 aromatic heterocycles. The van der Waals surface area contributed by atoms with Crippen molar-refractivity contribution in [2.75, 3.05) is 0 Å². The van der Waals surface area contributed by atoms with E-state index < -0.39 is 0 Å². The highest BCUT2D eigenvalue weighted by Gasteiger charge is 2.29.